The molecule has 2 aromatic heterocycles. The van der Waals surface area contributed by atoms with Crippen molar-refractivity contribution in [1.29, 1.82) is 0 Å². The fourth-order valence-corrected chi connectivity index (χ4v) is 4.61. The van der Waals surface area contributed by atoms with E-state index in [0.717, 1.165) is 12.8 Å². The Morgan fingerprint density at radius 2 is 1.96 bits per heavy atom. The normalized spacial score (nSPS) is 14.5. The maximum Gasteiger partial charge on any atom is 0.264 e. The molecule has 0 spiro atoms. The molecule has 1 aliphatic rings. The molecule has 0 radical (unpaired) electrons. The number of hydrogen-bond donors (Lipinski definition) is 2. The summed E-state index contributed by atoms with van der Waals surface area (Å²) < 4.78 is 47.4. The highest BCUT2D eigenvalue weighted by Gasteiger charge is 2.32. The highest BCUT2D eigenvalue weighted by molar-refractivity contribution is 7.93. The molecule has 2 N–H and O–H groups in total. The van der Waals surface area contributed by atoms with Gasteiger partial charge in [0, 0.05) is 23.0 Å². The van der Waals surface area contributed by atoms with Crippen molar-refractivity contribution in [3.8, 4) is 11.5 Å². The average Bonchev–Trinajstić information content (AvgIpc) is 3.24. The van der Waals surface area contributed by atoms with Crippen LogP contribution < -0.4 is 4.72 Å². The van der Waals surface area contributed by atoms with E-state index in [1.54, 1.807) is 20.8 Å². The van der Waals surface area contributed by atoms with E-state index >= 15 is 0 Å². The van der Waals surface area contributed by atoms with Gasteiger partial charge in [0.2, 0.25) is 0 Å². The lowest BCUT2D eigenvalue weighted by molar-refractivity contribution is 0.421. The van der Waals surface area contributed by atoms with Crippen molar-refractivity contribution in [2.75, 3.05) is 4.72 Å². The Balaban J connectivity index is 1.76. The van der Waals surface area contributed by atoms with E-state index in [9.17, 15) is 12.8 Å². The zero-order chi connectivity index (χ0) is 19.3. The number of halogens is 1. The molecule has 0 atom stereocenters. The van der Waals surface area contributed by atoms with Crippen LogP contribution in [0.2, 0.25) is 0 Å². The topological polar surface area (TPSA) is 101 Å². The van der Waals surface area contributed by atoms with E-state index < -0.39 is 15.8 Å². The Kier molecular flexibility index (Phi) is 4.06. The summed E-state index contributed by atoms with van der Waals surface area (Å²) in [5, 5.41) is 3.98. The molecular formula is C18H19FN4O3S. The van der Waals surface area contributed by atoms with Gasteiger partial charge in [-0.1, -0.05) is 5.16 Å². The zero-order valence-electron chi connectivity index (χ0n) is 15.1. The molecule has 1 saturated carbocycles. The number of nitrogens with one attached hydrogen (secondary N) is 2. The molecular weight excluding hydrogens is 371 g/mol. The fourth-order valence-electron chi connectivity index (χ4n) is 3.11. The second-order valence-corrected chi connectivity index (χ2v) is 8.50. The van der Waals surface area contributed by atoms with Crippen LogP contribution in [0, 0.1) is 26.6 Å². The van der Waals surface area contributed by atoms with Crippen LogP contribution in [0.5, 0.6) is 0 Å². The van der Waals surface area contributed by atoms with Crippen LogP contribution in [0.15, 0.2) is 27.6 Å². The van der Waals surface area contributed by atoms with Crippen LogP contribution in [0.3, 0.4) is 0 Å². The maximum atomic E-state index is 13.5. The first-order valence-corrected chi connectivity index (χ1v) is 10.1. The highest BCUT2D eigenvalue weighted by atomic mass is 32.2. The van der Waals surface area contributed by atoms with E-state index in [-0.39, 0.29) is 16.5 Å². The van der Waals surface area contributed by atoms with Crippen LogP contribution in [-0.2, 0) is 10.0 Å². The van der Waals surface area contributed by atoms with Crippen molar-refractivity contribution in [1.82, 2.24) is 15.1 Å². The standard InChI is InChI=1S/C18H19FN4O3S/c1-9-8-13(6-7-14(9)19)23-27(24,25)16-11(3)20-10(2)15(16)18-21-17(22-26-18)12-4-5-12/h6-8,12,20,23H,4-5H2,1-3H3. The molecule has 0 aliphatic heterocycles. The van der Waals surface area contributed by atoms with Crippen molar-refractivity contribution in [2.45, 2.75) is 44.4 Å². The largest absolute Gasteiger partial charge is 0.361 e. The fraction of sp³-hybridized carbons (Fsp3) is 0.333. The highest BCUT2D eigenvalue weighted by Crippen LogP contribution is 2.40. The number of aromatic nitrogens is 3. The Bertz CT molecular complexity index is 1130. The molecule has 0 bridgehead atoms. The van der Waals surface area contributed by atoms with Crippen molar-refractivity contribution in [3.63, 3.8) is 0 Å². The van der Waals surface area contributed by atoms with E-state index in [4.69, 9.17) is 4.52 Å². The van der Waals surface area contributed by atoms with Gasteiger partial charge in [0.25, 0.3) is 15.9 Å². The number of H-pyrrole nitrogens is 1. The van der Waals surface area contributed by atoms with Gasteiger partial charge in [0.05, 0.1) is 5.56 Å². The van der Waals surface area contributed by atoms with Crippen molar-refractivity contribution >= 4 is 15.7 Å². The first-order chi connectivity index (χ1) is 12.8. The average molecular weight is 390 g/mol. The molecule has 0 amide bonds. The van der Waals surface area contributed by atoms with E-state index in [1.165, 1.54) is 18.2 Å². The molecule has 1 aromatic carbocycles. The van der Waals surface area contributed by atoms with Crippen LogP contribution in [0.25, 0.3) is 11.5 Å². The third-order valence-electron chi connectivity index (χ3n) is 4.59. The summed E-state index contributed by atoms with van der Waals surface area (Å²) in [6.07, 6.45) is 2.03. The number of aryl methyl sites for hydroxylation is 3. The Hall–Kier alpha value is -2.68. The molecule has 1 fully saturated rings. The summed E-state index contributed by atoms with van der Waals surface area (Å²) in [4.78, 5) is 7.47. The van der Waals surface area contributed by atoms with Gasteiger partial charge in [-0.2, -0.15) is 4.98 Å². The minimum Gasteiger partial charge on any atom is -0.361 e. The third kappa shape index (κ3) is 3.23. The molecule has 3 aromatic rings. The number of aromatic amines is 1. The lowest BCUT2D eigenvalue weighted by atomic mass is 10.2. The molecule has 1 aliphatic carbocycles. The second kappa shape index (κ2) is 6.19. The molecule has 142 valence electrons. The maximum absolute atomic E-state index is 13.5. The van der Waals surface area contributed by atoms with Crippen LogP contribution in [-0.4, -0.2) is 23.5 Å². The van der Waals surface area contributed by atoms with Crippen molar-refractivity contribution in [3.05, 3.63) is 46.8 Å². The Morgan fingerprint density at radius 1 is 1.22 bits per heavy atom. The first kappa shape index (κ1) is 17.7. The summed E-state index contributed by atoms with van der Waals surface area (Å²) in [7, 11) is -3.96. The monoisotopic (exact) mass is 390 g/mol. The summed E-state index contributed by atoms with van der Waals surface area (Å²) in [5.74, 6) is 0.678. The smallest absolute Gasteiger partial charge is 0.264 e. The summed E-state index contributed by atoms with van der Waals surface area (Å²) in [5.41, 5.74) is 2.07. The molecule has 0 unspecified atom stereocenters. The lowest BCUT2D eigenvalue weighted by Crippen LogP contribution is -2.14. The summed E-state index contributed by atoms with van der Waals surface area (Å²) in [6, 6.07) is 4.05. The van der Waals surface area contributed by atoms with E-state index in [0.29, 0.717) is 34.3 Å². The number of rotatable bonds is 5. The number of benzene rings is 1. The molecule has 27 heavy (non-hydrogen) atoms. The van der Waals surface area contributed by atoms with E-state index in [1.807, 2.05) is 0 Å². The minimum atomic E-state index is -3.96. The van der Waals surface area contributed by atoms with Gasteiger partial charge >= 0.3 is 0 Å². The zero-order valence-corrected chi connectivity index (χ0v) is 15.9. The number of hydrogen-bond acceptors (Lipinski definition) is 5. The Morgan fingerprint density at radius 3 is 2.63 bits per heavy atom. The van der Waals surface area contributed by atoms with Crippen molar-refractivity contribution < 1.29 is 17.3 Å². The third-order valence-corrected chi connectivity index (χ3v) is 6.15. The van der Waals surface area contributed by atoms with Crippen LogP contribution in [0.1, 0.15) is 41.5 Å². The molecule has 0 saturated heterocycles. The van der Waals surface area contributed by atoms with Gasteiger partial charge in [0.1, 0.15) is 10.7 Å². The summed E-state index contributed by atoms with van der Waals surface area (Å²) >= 11 is 0. The quantitative estimate of drug-likeness (QED) is 0.690. The lowest BCUT2D eigenvalue weighted by Gasteiger charge is -2.10. The number of anilines is 1. The van der Waals surface area contributed by atoms with Gasteiger partial charge < -0.3 is 9.51 Å². The van der Waals surface area contributed by atoms with Gasteiger partial charge in [-0.05, 0) is 57.4 Å². The minimum absolute atomic E-state index is 0.0491. The van der Waals surface area contributed by atoms with Crippen LogP contribution >= 0.6 is 0 Å². The molecule has 7 nitrogen and oxygen atoms in total. The molecule has 4 rings (SSSR count). The second-order valence-electron chi connectivity index (χ2n) is 6.88. The van der Waals surface area contributed by atoms with E-state index in [2.05, 4.69) is 19.8 Å². The predicted octanol–water partition coefficient (Wildman–Crippen LogP) is 3.81. The van der Waals surface area contributed by atoms with Gasteiger partial charge in [-0.15, -0.1) is 0 Å². The Labute approximate surface area is 156 Å². The first-order valence-electron chi connectivity index (χ1n) is 8.58. The van der Waals surface area contributed by atoms with Crippen LogP contribution in [0.4, 0.5) is 10.1 Å². The summed E-state index contributed by atoms with van der Waals surface area (Å²) in [6.45, 7) is 4.99. The van der Waals surface area contributed by atoms with Crippen molar-refractivity contribution in [2.24, 2.45) is 0 Å². The van der Waals surface area contributed by atoms with Gasteiger partial charge in [-0.25, -0.2) is 12.8 Å². The number of nitrogens with zero attached hydrogens (tertiary/aromatic N) is 2. The molecule has 2 heterocycles. The van der Waals surface area contributed by atoms with Gasteiger partial charge in [-0.3, -0.25) is 4.72 Å². The SMILES string of the molecule is Cc1cc(NS(=O)(=O)c2c(C)[nH]c(C)c2-c2nc(C3CC3)no2)ccc1F. The number of sulfonamides is 1. The predicted molar refractivity (Wildman–Crippen MR) is 97.5 cm³/mol. The molecule has 9 heteroatoms. The van der Waals surface area contributed by atoms with Gasteiger partial charge in [0.15, 0.2) is 5.82 Å².